The maximum atomic E-state index is 14.1. The summed E-state index contributed by atoms with van der Waals surface area (Å²) in [6, 6.07) is 9.96. The Morgan fingerprint density at radius 2 is 2.00 bits per heavy atom. The standard InChI is InChI=1S/C24H31F2N5O/c1-2-27-23(30-20-9-13-31(16-20)22-21(26)4-3-12-28-22)29-17-24(10-14-32-15-11-24)18-5-7-19(25)8-6-18/h3-8,12,20H,2,9-11,13-17H2,1H3,(H2,27,29,30). The molecule has 1 unspecified atom stereocenters. The minimum atomic E-state index is -0.297. The SMILES string of the molecule is CCNC(=NCC1(c2ccc(F)cc2)CCOCC1)NC1CCN(c2ncccc2F)C1. The lowest BCUT2D eigenvalue weighted by molar-refractivity contribution is 0.0530. The highest BCUT2D eigenvalue weighted by atomic mass is 19.1. The summed E-state index contributed by atoms with van der Waals surface area (Å²) in [7, 11) is 0. The molecule has 1 aromatic carbocycles. The van der Waals surface area contributed by atoms with E-state index in [0.717, 1.165) is 43.9 Å². The highest BCUT2D eigenvalue weighted by Crippen LogP contribution is 2.35. The lowest BCUT2D eigenvalue weighted by atomic mass is 9.74. The molecule has 0 bridgehead atoms. The summed E-state index contributed by atoms with van der Waals surface area (Å²) in [5.41, 5.74) is 0.923. The van der Waals surface area contributed by atoms with Crippen molar-refractivity contribution in [3.05, 3.63) is 59.8 Å². The van der Waals surface area contributed by atoms with E-state index in [1.165, 1.54) is 18.2 Å². The fourth-order valence-electron chi connectivity index (χ4n) is 4.53. The first-order chi connectivity index (χ1) is 15.6. The molecule has 4 rings (SSSR count). The number of nitrogens with zero attached hydrogens (tertiary/aromatic N) is 3. The van der Waals surface area contributed by atoms with E-state index >= 15 is 0 Å². The summed E-state index contributed by atoms with van der Waals surface area (Å²) in [6.07, 6.45) is 4.18. The van der Waals surface area contributed by atoms with Gasteiger partial charge < -0.3 is 20.3 Å². The number of halogens is 2. The Morgan fingerprint density at radius 3 is 2.72 bits per heavy atom. The third kappa shape index (κ3) is 5.18. The van der Waals surface area contributed by atoms with Crippen LogP contribution in [0.15, 0.2) is 47.6 Å². The van der Waals surface area contributed by atoms with Crippen molar-refractivity contribution in [1.82, 2.24) is 15.6 Å². The molecule has 32 heavy (non-hydrogen) atoms. The van der Waals surface area contributed by atoms with Gasteiger partial charge in [0.25, 0.3) is 0 Å². The molecule has 172 valence electrons. The third-order valence-corrected chi connectivity index (χ3v) is 6.36. The average molecular weight is 444 g/mol. The Hall–Kier alpha value is -2.74. The highest BCUT2D eigenvalue weighted by molar-refractivity contribution is 5.80. The normalized spacial score (nSPS) is 20.9. The molecule has 3 heterocycles. The van der Waals surface area contributed by atoms with Crippen LogP contribution < -0.4 is 15.5 Å². The largest absolute Gasteiger partial charge is 0.381 e. The van der Waals surface area contributed by atoms with Crippen LogP contribution in [0, 0.1) is 11.6 Å². The number of rotatable bonds is 6. The van der Waals surface area contributed by atoms with Crippen molar-refractivity contribution in [3.8, 4) is 0 Å². The number of aliphatic imine (C=N–C) groups is 1. The molecule has 0 spiro atoms. The zero-order chi connectivity index (χ0) is 22.4. The van der Waals surface area contributed by atoms with E-state index in [-0.39, 0.29) is 23.1 Å². The van der Waals surface area contributed by atoms with Gasteiger partial charge in [-0.25, -0.2) is 13.8 Å². The molecule has 0 amide bonds. The van der Waals surface area contributed by atoms with Crippen molar-refractivity contribution in [3.63, 3.8) is 0 Å². The first-order valence-corrected chi connectivity index (χ1v) is 11.3. The number of ether oxygens (including phenoxy) is 1. The Balaban J connectivity index is 1.46. The van der Waals surface area contributed by atoms with Crippen molar-refractivity contribution in [2.24, 2.45) is 4.99 Å². The number of anilines is 1. The van der Waals surface area contributed by atoms with Crippen molar-refractivity contribution in [2.75, 3.05) is 44.3 Å². The zero-order valence-corrected chi connectivity index (χ0v) is 18.5. The maximum absolute atomic E-state index is 14.1. The monoisotopic (exact) mass is 443 g/mol. The predicted molar refractivity (Wildman–Crippen MR) is 122 cm³/mol. The van der Waals surface area contributed by atoms with E-state index in [1.54, 1.807) is 12.3 Å². The van der Waals surface area contributed by atoms with Gasteiger partial charge in [-0.2, -0.15) is 0 Å². The Morgan fingerprint density at radius 1 is 1.22 bits per heavy atom. The van der Waals surface area contributed by atoms with Gasteiger partial charge >= 0.3 is 0 Å². The van der Waals surface area contributed by atoms with Gasteiger partial charge in [0.1, 0.15) is 5.82 Å². The van der Waals surface area contributed by atoms with Crippen molar-refractivity contribution < 1.29 is 13.5 Å². The Labute approximate surface area is 188 Å². The molecule has 2 aliphatic heterocycles. The van der Waals surface area contributed by atoms with Crippen molar-refractivity contribution in [2.45, 2.75) is 37.6 Å². The van der Waals surface area contributed by atoms with E-state index in [0.29, 0.717) is 32.1 Å². The number of hydrogen-bond donors (Lipinski definition) is 2. The molecule has 0 radical (unpaired) electrons. The number of aromatic nitrogens is 1. The van der Waals surface area contributed by atoms with Gasteiger partial charge in [0.2, 0.25) is 0 Å². The van der Waals surface area contributed by atoms with E-state index in [4.69, 9.17) is 9.73 Å². The van der Waals surface area contributed by atoms with Crippen LogP contribution in [-0.4, -0.2) is 56.4 Å². The summed E-state index contributed by atoms with van der Waals surface area (Å²) in [5.74, 6) is 0.615. The molecule has 2 N–H and O–H groups in total. The van der Waals surface area contributed by atoms with E-state index in [1.807, 2.05) is 24.0 Å². The number of pyridine rings is 1. The second-order valence-electron chi connectivity index (χ2n) is 8.48. The molecular formula is C24H31F2N5O. The second kappa shape index (κ2) is 10.3. The predicted octanol–water partition coefficient (Wildman–Crippen LogP) is 3.24. The molecule has 2 saturated heterocycles. The van der Waals surface area contributed by atoms with Crippen LogP contribution >= 0.6 is 0 Å². The van der Waals surface area contributed by atoms with E-state index in [2.05, 4.69) is 15.6 Å². The van der Waals surface area contributed by atoms with Crippen LogP contribution in [0.3, 0.4) is 0 Å². The molecule has 0 saturated carbocycles. The van der Waals surface area contributed by atoms with Gasteiger partial charge in [0.05, 0.1) is 6.54 Å². The summed E-state index contributed by atoms with van der Waals surface area (Å²) >= 11 is 0. The second-order valence-corrected chi connectivity index (χ2v) is 8.48. The molecule has 1 atom stereocenters. The number of guanidine groups is 1. The zero-order valence-electron chi connectivity index (χ0n) is 18.5. The van der Waals surface area contributed by atoms with Crippen LogP contribution in [0.5, 0.6) is 0 Å². The molecule has 0 aliphatic carbocycles. The molecule has 1 aromatic heterocycles. The van der Waals surface area contributed by atoms with Gasteiger partial charge in [0.15, 0.2) is 17.6 Å². The van der Waals surface area contributed by atoms with E-state index in [9.17, 15) is 8.78 Å². The lowest BCUT2D eigenvalue weighted by Gasteiger charge is -2.36. The quantitative estimate of drug-likeness (QED) is 0.530. The van der Waals surface area contributed by atoms with Gasteiger partial charge in [-0.15, -0.1) is 0 Å². The van der Waals surface area contributed by atoms with Gasteiger partial charge in [-0.05, 0) is 56.0 Å². The molecule has 2 fully saturated rings. The fraction of sp³-hybridized carbons (Fsp3) is 0.500. The molecule has 6 nitrogen and oxygen atoms in total. The van der Waals surface area contributed by atoms with Crippen molar-refractivity contribution >= 4 is 11.8 Å². The van der Waals surface area contributed by atoms with Gasteiger partial charge in [0, 0.05) is 50.5 Å². The lowest BCUT2D eigenvalue weighted by Crippen LogP contribution is -2.46. The summed E-state index contributed by atoms with van der Waals surface area (Å²) in [4.78, 5) is 11.1. The number of nitrogens with one attached hydrogen (secondary N) is 2. The average Bonchev–Trinajstić information content (AvgIpc) is 3.27. The maximum Gasteiger partial charge on any atom is 0.191 e. The first-order valence-electron chi connectivity index (χ1n) is 11.3. The smallest absolute Gasteiger partial charge is 0.191 e. The van der Waals surface area contributed by atoms with Crippen LogP contribution in [0.2, 0.25) is 0 Å². The number of hydrogen-bond acceptors (Lipinski definition) is 4. The highest BCUT2D eigenvalue weighted by Gasteiger charge is 2.35. The first kappa shape index (κ1) is 22.5. The molecule has 2 aliphatic rings. The van der Waals surface area contributed by atoms with Crippen LogP contribution in [0.25, 0.3) is 0 Å². The minimum absolute atomic E-state index is 0.144. The van der Waals surface area contributed by atoms with Gasteiger partial charge in [-0.3, -0.25) is 4.99 Å². The Bertz CT molecular complexity index is 915. The summed E-state index contributed by atoms with van der Waals surface area (Å²) < 4.78 is 33.2. The topological polar surface area (TPSA) is 61.8 Å². The molecule has 8 heteroatoms. The van der Waals surface area contributed by atoms with Crippen molar-refractivity contribution in [1.29, 1.82) is 0 Å². The summed E-state index contributed by atoms with van der Waals surface area (Å²) in [5, 5.41) is 6.84. The Kier molecular flexibility index (Phi) is 7.19. The van der Waals surface area contributed by atoms with E-state index < -0.39 is 0 Å². The number of benzene rings is 1. The molecule has 2 aromatic rings. The van der Waals surface area contributed by atoms with Crippen LogP contribution in [0.1, 0.15) is 31.7 Å². The molecular weight excluding hydrogens is 412 g/mol. The van der Waals surface area contributed by atoms with Crippen LogP contribution in [0.4, 0.5) is 14.6 Å². The third-order valence-electron chi connectivity index (χ3n) is 6.36. The van der Waals surface area contributed by atoms with Crippen LogP contribution in [-0.2, 0) is 10.2 Å². The van der Waals surface area contributed by atoms with Gasteiger partial charge in [-0.1, -0.05) is 12.1 Å². The summed E-state index contributed by atoms with van der Waals surface area (Å²) in [6.45, 7) is 6.10. The minimum Gasteiger partial charge on any atom is -0.381 e. The fourth-order valence-corrected chi connectivity index (χ4v) is 4.53.